The molecule has 1 N–H and O–H groups in total. The lowest BCUT2D eigenvalue weighted by Gasteiger charge is -2.40. The Kier molecular flexibility index (Phi) is 5.36. The lowest BCUT2D eigenvalue weighted by Crippen LogP contribution is -2.56. The molecular weight excluding hydrogens is 309 g/mol. The summed E-state index contributed by atoms with van der Waals surface area (Å²) in [6, 6.07) is 6.40. The van der Waals surface area contributed by atoms with Gasteiger partial charge in [0.2, 0.25) is 5.91 Å². The highest BCUT2D eigenvalue weighted by molar-refractivity contribution is 5.81. The highest BCUT2D eigenvalue weighted by Crippen LogP contribution is 2.19. The molecule has 2 atom stereocenters. The van der Waals surface area contributed by atoms with Crippen LogP contribution in [0.5, 0.6) is 0 Å². The summed E-state index contributed by atoms with van der Waals surface area (Å²) in [4.78, 5) is 18.9. The molecule has 2 aliphatic heterocycles. The van der Waals surface area contributed by atoms with Crippen LogP contribution in [0.4, 0.5) is 10.1 Å². The summed E-state index contributed by atoms with van der Waals surface area (Å²) < 4.78 is 13.0. The second-order valence-electron chi connectivity index (χ2n) is 6.76. The van der Waals surface area contributed by atoms with Crippen molar-refractivity contribution in [1.82, 2.24) is 9.80 Å². The third-order valence-electron chi connectivity index (χ3n) is 5.12. The fraction of sp³-hybridized carbons (Fsp3) is 0.611. The van der Waals surface area contributed by atoms with E-state index in [2.05, 4.69) is 9.80 Å². The van der Waals surface area contributed by atoms with Gasteiger partial charge in [0.25, 0.3) is 0 Å². The van der Waals surface area contributed by atoms with Gasteiger partial charge in [0.1, 0.15) is 5.82 Å². The molecule has 2 fully saturated rings. The molecular formula is C18H26FN3O2. The van der Waals surface area contributed by atoms with Crippen LogP contribution in [0.15, 0.2) is 24.3 Å². The van der Waals surface area contributed by atoms with Crippen molar-refractivity contribution >= 4 is 11.6 Å². The second-order valence-corrected chi connectivity index (χ2v) is 6.76. The number of carbonyl (C=O) groups excluding carboxylic acids is 1. The van der Waals surface area contributed by atoms with E-state index in [1.54, 1.807) is 17.0 Å². The zero-order chi connectivity index (χ0) is 17.1. The number of aliphatic hydroxyl groups is 1. The van der Waals surface area contributed by atoms with Crippen molar-refractivity contribution in [3.63, 3.8) is 0 Å². The smallest absolute Gasteiger partial charge is 0.239 e. The Balaban J connectivity index is 1.53. The molecule has 0 saturated carbocycles. The molecule has 6 heteroatoms. The highest BCUT2D eigenvalue weighted by atomic mass is 19.1. The Morgan fingerprint density at radius 2 is 1.83 bits per heavy atom. The zero-order valence-electron chi connectivity index (χ0n) is 14.2. The molecule has 2 unspecified atom stereocenters. The van der Waals surface area contributed by atoms with E-state index in [1.807, 2.05) is 6.92 Å². The largest absolute Gasteiger partial charge is 0.391 e. The van der Waals surface area contributed by atoms with Crippen LogP contribution in [0.1, 0.15) is 19.8 Å². The van der Waals surface area contributed by atoms with Crippen molar-refractivity contribution in [2.24, 2.45) is 0 Å². The van der Waals surface area contributed by atoms with E-state index < -0.39 is 0 Å². The SMILES string of the molecule is CC(C(=O)N1CCCC(O)C1)N1CCN(c2ccc(F)cc2)CC1. The van der Waals surface area contributed by atoms with Gasteiger partial charge in [-0.3, -0.25) is 9.69 Å². The summed E-state index contributed by atoms with van der Waals surface area (Å²) in [5, 5.41) is 9.76. The number of piperidine rings is 1. The van der Waals surface area contributed by atoms with Gasteiger partial charge >= 0.3 is 0 Å². The minimum Gasteiger partial charge on any atom is -0.391 e. The van der Waals surface area contributed by atoms with Crippen LogP contribution in [0.25, 0.3) is 0 Å². The lowest BCUT2D eigenvalue weighted by molar-refractivity contribution is -0.139. The topological polar surface area (TPSA) is 47.0 Å². The number of nitrogens with zero attached hydrogens (tertiary/aromatic N) is 3. The number of benzene rings is 1. The molecule has 0 aliphatic carbocycles. The van der Waals surface area contributed by atoms with Crippen LogP contribution in [-0.4, -0.2) is 72.2 Å². The van der Waals surface area contributed by atoms with Crippen LogP contribution in [0.3, 0.4) is 0 Å². The Labute approximate surface area is 142 Å². The van der Waals surface area contributed by atoms with Gasteiger partial charge in [0.05, 0.1) is 12.1 Å². The first-order valence-electron chi connectivity index (χ1n) is 8.76. The van der Waals surface area contributed by atoms with Crippen LogP contribution in [0, 0.1) is 5.82 Å². The van der Waals surface area contributed by atoms with Crippen molar-refractivity contribution in [3.05, 3.63) is 30.1 Å². The van der Waals surface area contributed by atoms with E-state index in [0.717, 1.165) is 51.3 Å². The normalized spacial score (nSPS) is 24.0. The summed E-state index contributed by atoms with van der Waals surface area (Å²) >= 11 is 0. The fourth-order valence-electron chi connectivity index (χ4n) is 3.59. The van der Waals surface area contributed by atoms with Gasteiger partial charge in [-0.05, 0) is 44.0 Å². The predicted octanol–water partition coefficient (Wildman–Crippen LogP) is 1.32. The van der Waals surface area contributed by atoms with E-state index in [0.29, 0.717) is 6.54 Å². The molecule has 0 aromatic heterocycles. The van der Waals surface area contributed by atoms with Gasteiger partial charge in [-0.15, -0.1) is 0 Å². The number of hydrogen-bond donors (Lipinski definition) is 1. The van der Waals surface area contributed by atoms with Crippen LogP contribution >= 0.6 is 0 Å². The number of amides is 1. The van der Waals surface area contributed by atoms with E-state index in [1.165, 1.54) is 12.1 Å². The first kappa shape index (κ1) is 17.2. The first-order valence-corrected chi connectivity index (χ1v) is 8.76. The molecule has 132 valence electrons. The number of carbonyl (C=O) groups is 1. The lowest BCUT2D eigenvalue weighted by atomic mass is 10.1. The maximum atomic E-state index is 13.0. The van der Waals surface area contributed by atoms with Crippen LogP contribution in [0.2, 0.25) is 0 Å². The fourth-order valence-corrected chi connectivity index (χ4v) is 3.59. The molecule has 3 rings (SSSR count). The maximum Gasteiger partial charge on any atom is 0.239 e. The molecule has 24 heavy (non-hydrogen) atoms. The van der Waals surface area contributed by atoms with E-state index in [-0.39, 0.29) is 23.9 Å². The Morgan fingerprint density at radius 1 is 1.17 bits per heavy atom. The zero-order valence-corrected chi connectivity index (χ0v) is 14.2. The Morgan fingerprint density at radius 3 is 2.46 bits per heavy atom. The van der Waals surface area contributed by atoms with Gasteiger partial charge in [-0.1, -0.05) is 0 Å². The molecule has 2 saturated heterocycles. The van der Waals surface area contributed by atoms with Gasteiger partial charge in [0, 0.05) is 45.0 Å². The average molecular weight is 335 g/mol. The molecule has 0 bridgehead atoms. The third kappa shape index (κ3) is 3.87. The number of halogens is 1. The first-order chi connectivity index (χ1) is 11.5. The van der Waals surface area contributed by atoms with Crippen molar-refractivity contribution in [1.29, 1.82) is 0 Å². The minimum absolute atomic E-state index is 0.115. The number of aliphatic hydroxyl groups excluding tert-OH is 1. The van der Waals surface area contributed by atoms with Crippen LogP contribution in [-0.2, 0) is 4.79 Å². The third-order valence-corrected chi connectivity index (χ3v) is 5.12. The Bertz CT molecular complexity index is 558. The van der Waals surface area contributed by atoms with E-state index in [9.17, 15) is 14.3 Å². The number of likely N-dealkylation sites (tertiary alicyclic amines) is 1. The summed E-state index contributed by atoms with van der Waals surface area (Å²) in [5.41, 5.74) is 1.02. The van der Waals surface area contributed by atoms with Crippen molar-refractivity contribution < 1.29 is 14.3 Å². The predicted molar refractivity (Wildman–Crippen MR) is 91.5 cm³/mol. The van der Waals surface area contributed by atoms with Gasteiger partial charge < -0.3 is 14.9 Å². The van der Waals surface area contributed by atoms with Crippen molar-refractivity contribution in [3.8, 4) is 0 Å². The summed E-state index contributed by atoms with van der Waals surface area (Å²) in [5.74, 6) is -0.107. The molecule has 1 amide bonds. The van der Waals surface area contributed by atoms with E-state index in [4.69, 9.17) is 0 Å². The van der Waals surface area contributed by atoms with Crippen molar-refractivity contribution in [2.75, 3.05) is 44.2 Å². The summed E-state index contributed by atoms with van der Waals surface area (Å²) in [7, 11) is 0. The van der Waals surface area contributed by atoms with E-state index >= 15 is 0 Å². The minimum atomic E-state index is -0.384. The molecule has 0 radical (unpaired) electrons. The Hall–Kier alpha value is -1.66. The molecule has 2 aliphatic rings. The summed E-state index contributed by atoms with van der Waals surface area (Å²) in [6.45, 7) is 6.42. The van der Waals surface area contributed by atoms with Crippen LogP contribution < -0.4 is 4.90 Å². The molecule has 2 heterocycles. The second kappa shape index (κ2) is 7.49. The number of β-amino-alcohol motifs (C(OH)–C–C–N with tert-alkyl or cyclic N) is 1. The number of anilines is 1. The monoisotopic (exact) mass is 335 g/mol. The quantitative estimate of drug-likeness (QED) is 0.905. The van der Waals surface area contributed by atoms with Gasteiger partial charge in [-0.25, -0.2) is 4.39 Å². The molecule has 5 nitrogen and oxygen atoms in total. The molecule has 0 spiro atoms. The van der Waals surface area contributed by atoms with Gasteiger partial charge in [0.15, 0.2) is 0 Å². The van der Waals surface area contributed by atoms with Crippen molar-refractivity contribution in [2.45, 2.75) is 31.9 Å². The summed E-state index contributed by atoms with van der Waals surface area (Å²) in [6.07, 6.45) is 1.28. The molecule has 1 aromatic rings. The average Bonchev–Trinajstić information content (AvgIpc) is 2.61. The number of rotatable bonds is 3. The maximum absolute atomic E-state index is 13.0. The number of hydrogen-bond acceptors (Lipinski definition) is 4. The standard InChI is InChI=1S/C18H26FN3O2/c1-14(18(24)22-8-2-3-17(23)13-22)20-9-11-21(12-10-20)16-6-4-15(19)5-7-16/h4-7,14,17,23H,2-3,8-13H2,1H3. The molecule has 1 aromatic carbocycles. The van der Waals surface area contributed by atoms with Gasteiger partial charge in [-0.2, -0.15) is 0 Å². The number of piperazine rings is 1. The highest BCUT2D eigenvalue weighted by Gasteiger charge is 2.31.